The number of aromatic nitrogens is 3. The molecule has 3 nitrogen and oxygen atoms in total. The largest absolute Gasteiger partial charge is 0.309 e. The van der Waals surface area contributed by atoms with Crippen molar-refractivity contribution in [2.24, 2.45) is 0 Å². The first-order chi connectivity index (χ1) is 19.4. The molecule has 2 heterocycles. The van der Waals surface area contributed by atoms with Crippen LogP contribution in [0.1, 0.15) is 0 Å². The van der Waals surface area contributed by atoms with Crippen LogP contribution in [-0.4, -0.2) is 14.5 Å². The van der Waals surface area contributed by atoms with Crippen molar-refractivity contribution in [2.75, 3.05) is 0 Å². The molecule has 8 aromatic rings. The lowest BCUT2D eigenvalue weighted by Gasteiger charge is -2.16. The quantitative estimate of drug-likeness (QED) is 0.239. The smallest absolute Gasteiger partial charge is 0.0971 e. The maximum Gasteiger partial charge on any atom is 0.0971 e. The van der Waals surface area contributed by atoms with E-state index in [9.17, 15) is 0 Å². The molecule has 0 N–H and O–H groups in total. The van der Waals surface area contributed by atoms with E-state index in [-0.39, 0.29) is 0 Å². The lowest BCUT2D eigenvalue weighted by atomic mass is 9.91. The molecule has 1 aliphatic rings. The van der Waals surface area contributed by atoms with Gasteiger partial charge in [-0.1, -0.05) is 97.1 Å². The summed E-state index contributed by atoms with van der Waals surface area (Å²) in [6, 6.07) is 41.8. The highest BCUT2D eigenvalue weighted by Gasteiger charge is 2.25. The fourth-order valence-electron chi connectivity index (χ4n) is 6.66. The molecule has 0 amide bonds. The fraction of sp³-hybridized carbons (Fsp3) is 0. The molecule has 180 valence electrons. The highest BCUT2D eigenvalue weighted by atomic mass is 15.0. The number of nitrogens with zero attached hydrogens (tertiary/aromatic N) is 3. The molecule has 0 spiro atoms. The van der Waals surface area contributed by atoms with Gasteiger partial charge in [0.2, 0.25) is 0 Å². The Bertz CT molecular complexity index is 2210. The van der Waals surface area contributed by atoms with Crippen LogP contribution in [0.3, 0.4) is 0 Å². The first-order valence-corrected chi connectivity index (χ1v) is 13.3. The van der Waals surface area contributed by atoms with Gasteiger partial charge >= 0.3 is 0 Å². The van der Waals surface area contributed by atoms with Gasteiger partial charge in [0, 0.05) is 45.1 Å². The van der Waals surface area contributed by atoms with Gasteiger partial charge in [-0.05, 0) is 40.1 Å². The average Bonchev–Trinajstić information content (AvgIpc) is 3.51. The summed E-state index contributed by atoms with van der Waals surface area (Å²) in [6.07, 6.45) is 3.57. The van der Waals surface area contributed by atoms with Crippen molar-refractivity contribution in [2.45, 2.75) is 0 Å². The van der Waals surface area contributed by atoms with Gasteiger partial charge in [-0.2, -0.15) is 0 Å². The van der Waals surface area contributed by atoms with Crippen LogP contribution in [0.25, 0.3) is 82.7 Å². The molecule has 9 rings (SSSR count). The first-order valence-electron chi connectivity index (χ1n) is 13.3. The monoisotopic (exact) mass is 495 g/mol. The van der Waals surface area contributed by atoms with Crippen LogP contribution in [0.2, 0.25) is 0 Å². The van der Waals surface area contributed by atoms with E-state index < -0.39 is 0 Å². The van der Waals surface area contributed by atoms with Crippen LogP contribution in [-0.2, 0) is 0 Å². The summed E-state index contributed by atoms with van der Waals surface area (Å²) in [6.45, 7) is 0. The standard InChI is InChI=1S/C36H21N3/c1-2-9-25-22(8-1)23(18-19-33(25)39-31-14-5-3-10-26(31)27-11-4-6-15-32(27)39)24-16-17-30-34-28(24)12-7-13-29(34)35-36(30)38-21-20-37-35/h1-21H. The summed E-state index contributed by atoms with van der Waals surface area (Å²) >= 11 is 0. The van der Waals surface area contributed by atoms with Gasteiger partial charge in [0.25, 0.3) is 0 Å². The third kappa shape index (κ3) is 2.71. The SMILES string of the molecule is c1ccc2c(-n3c4ccccc4c4ccccc43)ccc(-c3ccc4c5c(cccc35)-c3nccnc3-4)c2c1. The Balaban J connectivity index is 1.35. The van der Waals surface area contributed by atoms with Crippen molar-refractivity contribution in [3.63, 3.8) is 0 Å². The molecule has 0 atom stereocenters. The maximum absolute atomic E-state index is 4.68. The van der Waals surface area contributed by atoms with E-state index in [1.807, 2.05) is 0 Å². The Morgan fingerprint density at radius 1 is 0.385 bits per heavy atom. The second-order valence-electron chi connectivity index (χ2n) is 10.2. The number of benzene rings is 6. The van der Waals surface area contributed by atoms with Crippen LogP contribution in [0.4, 0.5) is 0 Å². The van der Waals surface area contributed by atoms with E-state index in [4.69, 9.17) is 0 Å². The minimum absolute atomic E-state index is 0.974. The molecule has 0 saturated heterocycles. The normalized spacial score (nSPS) is 12.1. The Morgan fingerprint density at radius 2 is 0.897 bits per heavy atom. The molecule has 0 aliphatic heterocycles. The minimum Gasteiger partial charge on any atom is -0.309 e. The number of hydrogen-bond donors (Lipinski definition) is 0. The van der Waals surface area contributed by atoms with Gasteiger partial charge < -0.3 is 4.57 Å². The van der Waals surface area contributed by atoms with Crippen molar-refractivity contribution in [3.05, 3.63) is 128 Å². The topological polar surface area (TPSA) is 30.7 Å². The summed E-state index contributed by atoms with van der Waals surface area (Å²) in [5.74, 6) is 0. The molecule has 6 aromatic carbocycles. The van der Waals surface area contributed by atoms with Crippen LogP contribution in [0.15, 0.2) is 128 Å². The van der Waals surface area contributed by atoms with E-state index in [2.05, 4.69) is 130 Å². The predicted octanol–water partition coefficient (Wildman–Crippen LogP) is 9.19. The van der Waals surface area contributed by atoms with Gasteiger partial charge in [0.15, 0.2) is 0 Å². The number of rotatable bonds is 2. The predicted molar refractivity (Wildman–Crippen MR) is 161 cm³/mol. The second kappa shape index (κ2) is 7.62. The summed E-state index contributed by atoms with van der Waals surface area (Å²) in [7, 11) is 0. The average molecular weight is 496 g/mol. The highest BCUT2D eigenvalue weighted by molar-refractivity contribution is 6.19. The summed E-state index contributed by atoms with van der Waals surface area (Å²) in [5, 5.41) is 7.50. The lowest BCUT2D eigenvalue weighted by Crippen LogP contribution is -1.96. The molecule has 2 aromatic heterocycles. The molecular formula is C36H21N3. The van der Waals surface area contributed by atoms with E-state index in [0.29, 0.717) is 0 Å². The van der Waals surface area contributed by atoms with Crippen molar-refractivity contribution >= 4 is 43.4 Å². The van der Waals surface area contributed by atoms with Gasteiger partial charge in [0.1, 0.15) is 0 Å². The summed E-state index contributed by atoms with van der Waals surface area (Å²) in [4.78, 5) is 9.35. The molecule has 0 fully saturated rings. The number of para-hydroxylation sites is 2. The molecule has 0 bridgehead atoms. The van der Waals surface area contributed by atoms with Crippen molar-refractivity contribution in [1.82, 2.24) is 14.5 Å². The molecule has 0 radical (unpaired) electrons. The Morgan fingerprint density at radius 3 is 1.62 bits per heavy atom. The van der Waals surface area contributed by atoms with Crippen molar-refractivity contribution < 1.29 is 0 Å². The van der Waals surface area contributed by atoms with E-state index >= 15 is 0 Å². The summed E-state index contributed by atoms with van der Waals surface area (Å²) < 4.78 is 2.41. The zero-order chi connectivity index (χ0) is 25.5. The van der Waals surface area contributed by atoms with E-state index in [0.717, 1.165) is 11.4 Å². The van der Waals surface area contributed by atoms with Gasteiger partial charge in [-0.25, -0.2) is 0 Å². The Kier molecular flexibility index (Phi) is 4.05. The molecule has 39 heavy (non-hydrogen) atoms. The van der Waals surface area contributed by atoms with Crippen molar-refractivity contribution in [1.29, 1.82) is 0 Å². The van der Waals surface area contributed by atoms with Gasteiger partial charge in [0.05, 0.1) is 28.1 Å². The maximum atomic E-state index is 4.68. The minimum atomic E-state index is 0.974. The molecular weight excluding hydrogens is 474 g/mol. The van der Waals surface area contributed by atoms with Crippen molar-refractivity contribution in [3.8, 4) is 39.3 Å². The Hall–Kier alpha value is -5.28. The number of fused-ring (bicyclic) bond motifs is 7. The third-order valence-corrected chi connectivity index (χ3v) is 8.26. The Labute approximate surface area is 224 Å². The van der Waals surface area contributed by atoms with Crippen LogP contribution in [0, 0.1) is 0 Å². The van der Waals surface area contributed by atoms with Crippen LogP contribution < -0.4 is 0 Å². The summed E-state index contributed by atoms with van der Waals surface area (Å²) in [5.41, 5.74) is 10.4. The lowest BCUT2D eigenvalue weighted by molar-refractivity contribution is 1.20. The molecule has 0 saturated carbocycles. The number of hydrogen-bond acceptors (Lipinski definition) is 2. The zero-order valence-corrected chi connectivity index (χ0v) is 21.0. The van der Waals surface area contributed by atoms with Gasteiger partial charge in [-0.3, -0.25) is 9.97 Å². The molecule has 3 heteroatoms. The van der Waals surface area contributed by atoms with Gasteiger partial charge in [-0.15, -0.1) is 0 Å². The van der Waals surface area contributed by atoms with Crippen LogP contribution in [0.5, 0.6) is 0 Å². The highest BCUT2D eigenvalue weighted by Crippen LogP contribution is 2.48. The van der Waals surface area contributed by atoms with E-state index in [1.54, 1.807) is 12.4 Å². The molecule has 1 aliphatic carbocycles. The third-order valence-electron chi connectivity index (χ3n) is 8.26. The first kappa shape index (κ1) is 20.7. The second-order valence-corrected chi connectivity index (χ2v) is 10.2. The molecule has 0 unspecified atom stereocenters. The zero-order valence-electron chi connectivity index (χ0n) is 21.0. The fourth-order valence-corrected chi connectivity index (χ4v) is 6.66. The van der Waals surface area contributed by atoms with E-state index in [1.165, 1.54) is 71.3 Å². The van der Waals surface area contributed by atoms with Crippen LogP contribution >= 0.6 is 0 Å².